The largest absolute Gasteiger partial charge is 0.274 e. The zero-order valence-corrected chi connectivity index (χ0v) is 14.9. The van der Waals surface area contributed by atoms with Gasteiger partial charge >= 0.3 is 0 Å². The zero-order valence-electron chi connectivity index (χ0n) is 13.3. The molecule has 2 aromatic carbocycles. The summed E-state index contributed by atoms with van der Waals surface area (Å²) < 4.78 is 0. The maximum absolute atomic E-state index is 6.38. The Bertz CT molecular complexity index is 993. The van der Waals surface area contributed by atoms with Crippen LogP contribution >= 0.6 is 23.2 Å². The lowest BCUT2D eigenvalue weighted by atomic mass is 9.86. The lowest BCUT2D eigenvalue weighted by Crippen LogP contribution is -2.30. The minimum Gasteiger partial charge on any atom is -0.274 e. The van der Waals surface area contributed by atoms with E-state index in [1.807, 2.05) is 42.5 Å². The van der Waals surface area contributed by atoms with E-state index >= 15 is 0 Å². The summed E-state index contributed by atoms with van der Waals surface area (Å²) in [6.45, 7) is 4.19. The van der Waals surface area contributed by atoms with Crippen LogP contribution in [0.3, 0.4) is 0 Å². The molecular weight excluding hydrogens is 341 g/mol. The number of hydrogen-bond acceptors (Lipinski definition) is 3. The van der Waals surface area contributed by atoms with Crippen LogP contribution in [0.5, 0.6) is 0 Å². The summed E-state index contributed by atoms with van der Waals surface area (Å²) in [6.07, 6.45) is 0.827. The second-order valence-corrected chi connectivity index (χ2v) is 7.40. The molecule has 1 aliphatic heterocycles. The summed E-state index contributed by atoms with van der Waals surface area (Å²) in [4.78, 5) is 14.1. The van der Waals surface area contributed by atoms with E-state index in [0.717, 1.165) is 39.2 Å². The molecule has 0 spiro atoms. The van der Waals surface area contributed by atoms with E-state index in [0.29, 0.717) is 11.0 Å². The highest BCUT2D eigenvalue weighted by molar-refractivity contribution is 6.34. The minimum absolute atomic E-state index is 0.242. The molecule has 0 N–H and O–H groups in total. The molecule has 24 heavy (non-hydrogen) atoms. The molecule has 120 valence electrons. The Hall–Kier alpha value is -1.97. The van der Waals surface area contributed by atoms with Crippen LogP contribution < -0.4 is 0 Å². The van der Waals surface area contributed by atoms with Crippen molar-refractivity contribution in [1.82, 2.24) is 9.97 Å². The summed E-state index contributed by atoms with van der Waals surface area (Å²) in [5, 5.41) is 2.01. The number of hydrogen-bond donors (Lipinski definition) is 0. The molecule has 0 amide bonds. The van der Waals surface area contributed by atoms with E-state index in [1.54, 1.807) is 0 Å². The molecule has 0 saturated carbocycles. The van der Waals surface area contributed by atoms with E-state index in [2.05, 4.69) is 23.8 Å². The van der Waals surface area contributed by atoms with Crippen LogP contribution in [-0.4, -0.2) is 21.2 Å². The zero-order chi connectivity index (χ0) is 16.9. The highest BCUT2D eigenvalue weighted by Gasteiger charge is 2.29. The monoisotopic (exact) mass is 355 g/mol. The molecule has 0 bridgehead atoms. The molecule has 3 nitrogen and oxygen atoms in total. The second kappa shape index (κ2) is 5.54. The first-order valence-electron chi connectivity index (χ1n) is 7.74. The van der Waals surface area contributed by atoms with Crippen molar-refractivity contribution >= 4 is 39.8 Å². The van der Waals surface area contributed by atoms with Crippen LogP contribution in [0.25, 0.3) is 10.9 Å². The minimum atomic E-state index is -0.242. The lowest BCUT2D eigenvalue weighted by Gasteiger charge is -2.28. The molecule has 0 radical (unpaired) electrons. The van der Waals surface area contributed by atoms with Crippen molar-refractivity contribution in [3.63, 3.8) is 0 Å². The van der Waals surface area contributed by atoms with Crippen LogP contribution in [0.2, 0.25) is 10.2 Å². The summed E-state index contributed by atoms with van der Waals surface area (Å²) in [5.41, 5.74) is 3.52. The van der Waals surface area contributed by atoms with Crippen molar-refractivity contribution in [1.29, 1.82) is 0 Å². The topological polar surface area (TPSA) is 38.1 Å². The number of halogens is 2. The fraction of sp³-hybridized carbons (Fsp3) is 0.211. The van der Waals surface area contributed by atoms with Crippen LogP contribution in [0.1, 0.15) is 30.8 Å². The number of fused-ring (bicyclic) bond motifs is 2. The van der Waals surface area contributed by atoms with E-state index < -0.39 is 0 Å². The fourth-order valence-electron chi connectivity index (χ4n) is 3.12. The number of para-hydroxylation sites is 1. The summed E-state index contributed by atoms with van der Waals surface area (Å²) in [5.74, 6) is 0.551. The van der Waals surface area contributed by atoms with Gasteiger partial charge in [-0.2, -0.15) is 0 Å². The van der Waals surface area contributed by atoms with Gasteiger partial charge in [-0.1, -0.05) is 41.4 Å². The van der Waals surface area contributed by atoms with Crippen molar-refractivity contribution in [2.75, 3.05) is 0 Å². The highest BCUT2D eigenvalue weighted by Crippen LogP contribution is 2.31. The van der Waals surface area contributed by atoms with Crippen LogP contribution in [-0.2, 0) is 6.42 Å². The van der Waals surface area contributed by atoms with Crippen molar-refractivity contribution in [3.05, 3.63) is 69.6 Å². The van der Waals surface area contributed by atoms with E-state index in [4.69, 9.17) is 28.2 Å². The van der Waals surface area contributed by atoms with Gasteiger partial charge in [0, 0.05) is 16.0 Å². The normalized spacial score (nSPS) is 15.9. The standard InChI is InChI=1S/C19H15Cl2N3/c1-19(2)10-11-9-12(20)7-8-13(11)16(24-19)18-22-15-6-4-3-5-14(15)17(21)23-18/h3-9H,10H2,1-2H3. The van der Waals surface area contributed by atoms with E-state index in [-0.39, 0.29) is 5.54 Å². The van der Waals surface area contributed by atoms with Gasteiger partial charge in [-0.25, -0.2) is 9.97 Å². The molecule has 0 atom stereocenters. The Kier molecular flexibility index (Phi) is 3.59. The first-order valence-corrected chi connectivity index (χ1v) is 8.50. The first kappa shape index (κ1) is 15.6. The summed E-state index contributed by atoms with van der Waals surface area (Å²) in [7, 11) is 0. The molecule has 1 aromatic heterocycles. The van der Waals surface area contributed by atoms with Gasteiger partial charge in [-0.05, 0) is 50.1 Å². The van der Waals surface area contributed by atoms with Crippen molar-refractivity contribution in [3.8, 4) is 0 Å². The Balaban J connectivity index is 1.97. The van der Waals surface area contributed by atoms with E-state index in [1.165, 1.54) is 0 Å². The van der Waals surface area contributed by atoms with E-state index in [9.17, 15) is 0 Å². The maximum Gasteiger partial charge on any atom is 0.180 e. The Morgan fingerprint density at radius 2 is 1.79 bits per heavy atom. The Morgan fingerprint density at radius 3 is 2.62 bits per heavy atom. The average molecular weight is 356 g/mol. The van der Waals surface area contributed by atoms with Gasteiger partial charge in [0.05, 0.1) is 11.1 Å². The van der Waals surface area contributed by atoms with Gasteiger partial charge in [-0.15, -0.1) is 0 Å². The third kappa shape index (κ3) is 2.68. The number of rotatable bonds is 1. The first-order chi connectivity index (χ1) is 11.4. The molecule has 1 aliphatic rings. The van der Waals surface area contributed by atoms with Crippen LogP contribution in [0, 0.1) is 0 Å². The molecule has 2 heterocycles. The molecule has 0 aliphatic carbocycles. The number of nitrogens with zero attached hydrogens (tertiary/aromatic N) is 3. The molecule has 5 heteroatoms. The molecular formula is C19H15Cl2N3. The summed E-state index contributed by atoms with van der Waals surface area (Å²) in [6, 6.07) is 13.6. The number of aromatic nitrogens is 2. The molecule has 0 saturated heterocycles. The fourth-order valence-corrected chi connectivity index (χ4v) is 3.56. The highest BCUT2D eigenvalue weighted by atomic mass is 35.5. The predicted octanol–water partition coefficient (Wildman–Crippen LogP) is 5.11. The molecule has 0 fully saturated rings. The molecule has 0 unspecified atom stereocenters. The Labute approximate surface area is 150 Å². The number of aliphatic imine (C=N–C) groups is 1. The van der Waals surface area contributed by atoms with Crippen molar-refractivity contribution in [2.45, 2.75) is 25.8 Å². The maximum atomic E-state index is 6.38. The SMILES string of the molecule is CC1(C)Cc2cc(Cl)ccc2C(c2nc(Cl)c3ccccc3n2)=N1. The van der Waals surface area contributed by atoms with Gasteiger partial charge in [0.2, 0.25) is 0 Å². The quantitative estimate of drug-likeness (QED) is 0.569. The van der Waals surface area contributed by atoms with Gasteiger partial charge in [0.1, 0.15) is 10.9 Å². The van der Waals surface area contributed by atoms with Crippen LogP contribution in [0.15, 0.2) is 47.5 Å². The molecule has 3 aromatic rings. The van der Waals surface area contributed by atoms with Crippen molar-refractivity contribution < 1.29 is 0 Å². The molecule has 4 rings (SSSR count). The van der Waals surface area contributed by atoms with Crippen LogP contribution in [0.4, 0.5) is 0 Å². The number of benzene rings is 2. The van der Waals surface area contributed by atoms with Gasteiger partial charge in [-0.3, -0.25) is 4.99 Å². The second-order valence-electron chi connectivity index (χ2n) is 6.61. The smallest absolute Gasteiger partial charge is 0.180 e. The van der Waals surface area contributed by atoms with Gasteiger partial charge in [0.25, 0.3) is 0 Å². The van der Waals surface area contributed by atoms with Gasteiger partial charge in [0.15, 0.2) is 5.82 Å². The average Bonchev–Trinajstić information content (AvgIpc) is 2.53. The summed E-state index contributed by atoms with van der Waals surface area (Å²) >= 11 is 12.6. The third-order valence-electron chi connectivity index (χ3n) is 4.13. The predicted molar refractivity (Wildman–Crippen MR) is 99.4 cm³/mol. The third-order valence-corrected chi connectivity index (χ3v) is 4.65. The lowest BCUT2D eigenvalue weighted by molar-refractivity contribution is 0.513. The van der Waals surface area contributed by atoms with Crippen molar-refractivity contribution in [2.24, 2.45) is 4.99 Å². The van der Waals surface area contributed by atoms with Gasteiger partial charge < -0.3 is 0 Å². The Morgan fingerprint density at radius 1 is 1.00 bits per heavy atom.